The van der Waals surface area contributed by atoms with Crippen molar-refractivity contribution in [2.24, 2.45) is 0 Å². The van der Waals surface area contributed by atoms with Gasteiger partial charge in [-0.1, -0.05) is 25.3 Å². The van der Waals surface area contributed by atoms with E-state index in [9.17, 15) is 8.42 Å². The number of hydrogen-bond acceptors (Lipinski definition) is 5. The second kappa shape index (κ2) is 7.39. The lowest BCUT2D eigenvalue weighted by atomic mass is 9.95. The zero-order chi connectivity index (χ0) is 17.9. The molecule has 0 unspecified atom stereocenters. The Morgan fingerprint density at radius 1 is 0.920 bits per heavy atom. The van der Waals surface area contributed by atoms with Crippen molar-refractivity contribution in [2.45, 2.75) is 56.9 Å². The molecule has 134 valence electrons. The third-order valence-electron chi connectivity index (χ3n) is 4.65. The smallest absolute Gasteiger partial charge is 0.263 e. The molecule has 0 atom stereocenters. The second-order valence-corrected chi connectivity index (χ2v) is 8.32. The highest BCUT2D eigenvalue weighted by Gasteiger charge is 2.17. The topological polar surface area (TPSA) is 84.0 Å². The van der Waals surface area contributed by atoms with Crippen LogP contribution in [0.25, 0.3) is 0 Å². The van der Waals surface area contributed by atoms with E-state index in [-0.39, 0.29) is 10.7 Å². The zero-order valence-corrected chi connectivity index (χ0v) is 15.4. The number of aryl methyl sites for hydroxylation is 2. The van der Waals surface area contributed by atoms with E-state index in [1.54, 1.807) is 30.3 Å². The summed E-state index contributed by atoms with van der Waals surface area (Å²) in [5, 5.41) is 11.5. The molecule has 1 aliphatic carbocycles. The van der Waals surface area contributed by atoms with Crippen LogP contribution in [-0.4, -0.2) is 24.7 Å². The SMILES string of the molecule is Cc1ccc(S(=O)(=O)Nc2ccc(NC3CCCCC3)nn2)cc1C. The summed E-state index contributed by atoms with van der Waals surface area (Å²) in [6.45, 7) is 3.84. The molecule has 0 spiro atoms. The predicted molar refractivity (Wildman–Crippen MR) is 99.3 cm³/mol. The lowest BCUT2D eigenvalue weighted by Crippen LogP contribution is -2.23. The van der Waals surface area contributed by atoms with Gasteiger partial charge in [0.25, 0.3) is 10.0 Å². The largest absolute Gasteiger partial charge is 0.366 e. The van der Waals surface area contributed by atoms with E-state index < -0.39 is 10.0 Å². The fourth-order valence-electron chi connectivity index (χ4n) is 3.00. The first-order valence-electron chi connectivity index (χ1n) is 8.64. The molecule has 1 saturated carbocycles. The molecule has 2 N–H and O–H groups in total. The van der Waals surface area contributed by atoms with Gasteiger partial charge in [0.2, 0.25) is 0 Å². The Morgan fingerprint density at radius 2 is 1.60 bits per heavy atom. The van der Waals surface area contributed by atoms with Gasteiger partial charge in [-0.15, -0.1) is 10.2 Å². The summed E-state index contributed by atoms with van der Waals surface area (Å²) >= 11 is 0. The molecule has 1 fully saturated rings. The Kier molecular flexibility index (Phi) is 5.22. The summed E-state index contributed by atoms with van der Waals surface area (Å²) in [5.74, 6) is 0.897. The number of nitrogens with one attached hydrogen (secondary N) is 2. The number of anilines is 2. The highest BCUT2D eigenvalue weighted by molar-refractivity contribution is 7.92. The van der Waals surface area contributed by atoms with Crippen molar-refractivity contribution in [3.05, 3.63) is 41.5 Å². The van der Waals surface area contributed by atoms with Gasteiger partial charge in [0, 0.05) is 6.04 Å². The average molecular weight is 360 g/mol. The van der Waals surface area contributed by atoms with Crippen molar-refractivity contribution in [1.82, 2.24) is 10.2 Å². The van der Waals surface area contributed by atoms with Crippen LogP contribution < -0.4 is 10.0 Å². The first kappa shape index (κ1) is 17.7. The molecule has 7 heteroatoms. The second-order valence-electron chi connectivity index (χ2n) is 6.63. The third-order valence-corrected chi connectivity index (χ3v) is 6.00. The summed E-state index contributed by atoms with van der Waals surface area (Å²) in [6.07, 6.45) is 6.05. The Bertz CT molecular complexity index is 829. The summed E-state index contributed by atoms with van der Waals surface area (Å²) < 4.78 is 27.4. The van der Waals surface area contributed by atoms with Crippen LogP contribution in [0.3, 0.4) is 0 Å². The van der Waals surface area contributed by atoms with Crippen LogP contribution in [0.5, 0.6) is 0 Å². The van der Waals surface area contributed by atoms with Crippen LogP contribution in [0.15, 0.2) is 35.2 Å². The monoisotopic (exact) mass is 360 g/mol. The number of rotatable bonds is 5. The van der Waals surface area contributed by atoms with E-state index >= 15 is 0 Å². The first-order chi connectivity index (χ1) is 11.9. The zero-order valence-electron chi connectivity index (χ0n) is 14.6. The Morgan fingerprint density at radius 3 is 2.24 bits per heavy atom. The van der Waals surface area contributed by atoms with E-state index in [1.165, 1.54) is 19.3 Å². The Balaban J connectivity index is 1.68. The molecule has 2 aromatic rings. The van der Waals surface area contributed by atoms with Crippen LogP contribution in [0.1, 0.15) is 43.2 Å². The number of aromatic nitrogens is 2. The summed E-state index contributed by atoms with van der Waals surface area (Å²) in [4.78, 5) is 0.224. The maximum Gasteiger partial charge on any atom is 0.263 e. The van der Waals surface area contributed by atoms with Gasteiger partial charge in [-0.3, -0.25) is 4.72 Å². The minimum absolute atomic E-state index is 0.215. The van der Waals surface area contributed by atoms with E-state index in [0.29, 0.717) is 11.9 Å². The summed E-state index contributed by atoms with van der Waals surface area (Å²) in [7, 11) is -3.67. The number of benzene rings is 1. The van der Waals surface area contributed by atoms with Crippen LogP contribution in [0, 0.1) is 13.8 Å². The highest BCUT2D eigenvalue weighted by atomic mass is 32.2. The summed E-state index contributed by atoms with van der Waals surface area (Å²) in [6, 6.07) is 8.88. The average Bonchev–Trinajstić information content (AvgIpc) is 2.60. The maximum atomic E-state index is 12.5. The van der Waals surface area contributed by atoms with Crippen molar-refractivity contribution in [1.29, 1.82) is 0 Å². The van der Waals surface area contributed by atoms with Crippen molar-refractivity contribution in [2.75, 3.05) is 10.0 Å². The Hall–Kier alpha value is -2.15. The van der Waals surface area contributed by atoms with E-state index in [4.69, 9.17) is 0 Å². The summed E-state index contributed by atoms with van der Waals surface area (Å²) in [5.41, 5.74) is 1.98. The van der Waals surface area contributed by atoms with E-state index in [2.05, 4.69) is 20.2 Å². The molecule has 25 heavy (non-hydrogen) atoms. The molecular weight excluding hydrogens is 336 g/mol. The maximum absolute atomic E-state index is 12.5. The number of sulfonamides is 1. The fourth-order valence-corrected chi connectivity index (χ4v) is 4.08. The lowest BCUT2D eigenvalue weighted by molar-refractivity contribution is 0.461. The molecule has 0 amide bonds. The highest BCUT2D eigenvalue weighted by Crippen LogP contribution is 2.21. The van der Waals surface area contributed by atoms with Gasteiger partial charge in [0.1, 0.15) is 5.82 Å². The van der Waals surface area contributed by atoms with Crippen molar-refractivity contribution < 1.29 is 8.42 Å². The fraction of sp³-hybridized carbons (Fsp3) is 0.444. The van der Waals surface area contributed by atoms with Gasteiger partial charge in [-0.2, -0.15) is 0 Å². The molecule has 0 aliphatic heterocycles. The molecule has 0 bridgehead atoms. The van der Waals surface area contributed by atoms with Crippen LogP contribution in [0.2, 0.25) is 0 Å². The van der Waals surface area contributed by atoms with Gasteiger partial charge in [-0.25, -0.2) is 8.42 Å². The van der Waals surface area contributed by atoms with Crippen molar-refractivity contribution >= 4 is 21.7 Å². The quantitative estimate of drug-likeness (QED) is 0.850. The minimum Gasteiger partial charge on any atom is -0.366 e. The lowest BCUT2D eigenvalue weighted by Gasteiger charge is -2.22. The first-order valence-corrected chi connectivity index (χ1v) is 10.1. The van der Waals surface area contributed by atoms with Gasteiger partial charge in [0.15, 0.2) is 5.82 Å². The predicted octanol–water partition coefficient (Wildman–Crippen LogP) is 3.64. The van der Waals surface area contributed by atoms with E-state index in [1.807, 2.05) is 13.8 Å². The van der Waals surface area contributed by atoms with Gasteiger partial charge < -0.3 is 5.32 Å². The molecule has 1 aliphatic rings. The van der Waals surface area contributed by atoms with Crippen molar-refractivity contribution in [3.8, 4) is 0 Å². The standard InChI is InChI=1S/C18H24N4O2S/c1-13-8-9-16(12-14(13)2)25(23,24)22-18-11-10-17(20-21-18)19-15-6-4-3-5-7-15/h8-12,15H,3-7H2,1-2H3,(H,19,20)(H,21,22). The van der Waals surface area contributed by atoms with Crippen LogP contribution in [-0.2, 0) is 10.0 Å². The van der Waals surface area contributed by atoms with Gasteiger partial charge in [-0.05, 0) is 62.1 Å². The molecule has 0 saturated heterocycles. The van der Waals surface area contributed by atoms with Gasteiger partial charge in [0.05, 0.1) is 4.90 Å². The normalized spacial score (nSPS) is 15.8. The molecule has 1 heterocycles. The van der Waals surface area contributed by atoms with Crippen molar-refractivity contribution in [3.63, 3.8) is 0 Å². The Labute approximate surface area is 149 Å². The minimum atomic E-state index is -3.67. The molecular formula is C18H24N4O2S. The third kappa shape index (κ3) is 4.48. The number of hydrogen-bond donors (Lipinski definition) is 2. The molecule has 0 radical (unpaired) electrons. The molecule has 6 nitrogen and oxygen atoms in total. The molecule has 1 aromatic carbocycles. The van der Waals surface area contributed by atoms with Crippen LogP contribution >= 0.6 is 0 Å². The number of nitrogens with zero attached hydrogens (tertiary/aromatic N) is 2. The van der Waals surface area contributed by atoms with E-state index in [0.717, 1.165) is 24.0 Å². The van der Waals surface area contributed by atoms with Gasteiger partial charge >= 0.3 is 0 Å². The van der Waals surface area contributed by atoms with Crippen LogP contribution in [0.4, 0.5) is 11.6 Å². The molecule has 3 rings (SSSR count). The molecule has 1 aromatic heterocycles.